The lowest BCUT2D eigenvalue weighted by Crippen LogP contribution is -1.98. The van der Waals surface area contributed by atoms with Gasteiger partial charge in [0.2, 0.25) is 0 Å². The van der Waals surface area contributed by atoms with Crippen LogP contribution < -0.4 is 0 Å². The van der Waals surface area contributed by atoms with Crippen molar-refractivity contribution in [3.63, 3.8) is 0 Å². The van der Waals surface area contributed by atoms with Gasteiger partial charge in [-0.05, 0) is 6.07 Å². The molecular weight excluding hydrogens is 208 g/mol. The Morgan fingerprint density at radius 2 is 1.67 bits per heavy atom. The number of nitrogens with zero attached hydrogens (tertiary/aromatic N) is 4. The molecule has 0 aliphatic carbocycles. The van der Waals surface area contributed by atoms with Gasteiger partial charge in [0.1, 0.15) is 0 Å². The molecule has 15 heavy (non-hydrogen) atoms. The van der Waals surface area contributed by atoms with Crippen LogP contribution in [0.2, 0.25) is 0 Å². The monoisotopic (exact) mass is 212 g/mol. The first kappa shape index (κ1) is 10.5. The van der Waals surface area contributed by atoms with Gasteiger partial charge in [-0.2, -0.15) is 0 Å². The predicted octanol–water partition coefficient (Wildman–Crippen LogP) is 1.38. The second kappa shape index (κ2) is 4.09. The number of nitro benzene ring substituents is 1. The number of hydrogen-bond donors (Lipinski definition) is 0. The zero-order chi connectivity index (χ0) is 11.4. The maximum Gasteiger partial charge on any atom is 0.349 e. The Kier molecular flexibility index (Phi) is 2.86. The van der Waals surface area contributed by atoms with Crippen LogP contribution in [-0.2, 0) is 0 Å². The standard InChI is InChI=1S/C6H4N4O5/c11-8(7-10(14)15)5-2-1-3-6(4-5)9(12)13/h1-4H. The molecule has 1 rings (SSSR count). The lowest BCUT2D eigenvalue weighted by Gasteiger charge is -1.94. The SMILES string of the molecule is O=[N+]([O-])N=[N+]([O-])c1cccc([N+](=O)[O-])c1. The largest absolute Gasteiger partial charge is 0.590 e. The van der Waals surface area contributed by atoms with Gasteiger partial charge in [0.05, 0.1) is 11.0 Å². The van der Waals surface area contributed by atoms with Crippen molar-refractivity contribution >= 4 is 11.4 Å². The minimum absolute atomic E-state index is 0.277. The van der Waals surface area contributed by atoms with E-state index in [1.54, 1.807) is 0 Å². The summed E-state index contributed by atoms with van der Waals surface area (Å²) in [6.45, 7) is 0. The second-order valence-electron chi connectivity index (χ2n) is 2.38. The number of non-ortho nitro benzene ring substituents is 1. The van der Waals surface area contributed by atoms with Gasteiger partial charge in [-0.1, -0.05) is 0 Å². The Hall–Kier alpha value is -2.58. The van der Waals surface area contributed by atoms with Gasteiger partial charge in [0.15, 0.2) is 0 Å². The molecule has 1 aromatic carbocycles. The van der Waals surface area contributed by atoms with Crippen molar-refractivity contribution in [2.45, 2.75) is 0 Å². The summed E-state index contributed by atoms with van der Waals surface area (Å²) >= 11 is 0. The first-order valence-corrected chi connectivity index (χ1v) is 3.58. The topological polar surface area (TPSA) is 125 Å². The molecule has 78 valence electrons. The fourth-order valence-electron chi connectivity index (χ4n) is 0.844. The van der Waals surface area contributed by atoms with Gasteiger partial charge in [-0.15, -0.1) is 0 Å². The van der Waals surface area contributed by atoms with Crippen molar-refractivity contribution in [2.75, 3.05) is 0 Å². The highest BCUT2D eigenvalue weighted by Gasteiger charge is 2.13. The van der Waals surface area contributed by atoms with Crippen LogP contribution in [0.3, 0.4) is 0 Å². The Morgan fingerprint density at radius 1 is 1.07 bits per heavy atom. The van der Waals surface area contributed by atoms with E-state index in [2.05, 4.69) is 5.22 Å². The summed E-state index contributed by atoms with van der Waals surface area (Å²) in [5.41, 5.74) is -0.618. The molecule has 0 saturated carbocycles. The highest BCUT2D eigenvalue weighted by atomic mass is 16.7. The minimum atomic E-state index is -1.19. The van der Waals surface area contributed by atoms with Crippen LogP contribution in [-0.4, -0.2) is 14.8 Å². The van der Waals surface area contributed by atoms with Crippen molar-refractivity contribution in [1.29, 1.82) is 0 Å². The number of rotatable bonds is 3. The summed E-state index contributed by atoms with van der Waals surface area (Å²) in [6, 6.07) is 4.45. The van der Waals surface area contributed by atoms with Gasteiger partial charge in [-0.25, -0.2) is 10.1 Å². The fraction of sp³-hybridized carbons (Fsp3) is 0. The van der Waals surface area contributed by atoms with Crippen LogP contribution in [0.4, 0.5) is 11.4 Å². The number of hydrogen-bond acceptors (Lipinski definition) is 5. The molecule has 0 bridgehead atoms. The smallest absolute Gasteiger partial charge is 0.349 e. The van der Waals surface area contributed by atoms with Gasteiger partial charge in [0, 0.05) is 17.0 Å². The molecule has 0 aromatic heterocycles. The van der Waals surface area contributed by atoms with E-state index in [0.29, 0.717) is 0 Å². The van der Waals surface area contributed by atoms with Gasteiger partial charge < -0.3 is 5.21 Å². The molecule has 0 amide bonds. The molecule has 9 nitrogen and oxygen atoms in total. The van der Waals surface area contributed by atoms with Crippen molar-refractivity contribution in [2.24, 2.45) is 5.22 Å². The molecule has 1 aromatic rings. The summed E-state index contributed by atoms with van der Waals surface area (Å²) in [5, 5.41) is 32.3. The van der Waals surface area contributed by atoms with E-state index in [9.17, 15) is 25.4 Å². The van der Waals surface area contributed by atoms with E-state index < -0.39 is 9.96 Å². The molecule has 0 spiro atoms. The Morgan fingerprint density at radius 3 is 2.20 bits per heavy atom. The Labute approximate surface area is 82.1 Å². The van der Waals surface area contributed by atoms with Crippen LogP contribution in [0.25, 0.3) is 0 Å². The first-order valence-electron chi connectivity index (χ1n) is 3.58. The normalized spacial score (nSPS) is 11.1. The minimum Gasteiger partial charge on any atom is -0.590 e. The third-order valence-corrected chi connectivity index (χ3v) is 1.42. The van der Waals surface area contributed by atoms with E-state index in [4.69, 9.17) is 0 Å². The Bertz CT molecular complexity index is 443. The summed E-state index contributed by atoms with van der Waals surface area (Å²) in [7, 11) is 0. The molecule has 0 fully saturated rings. The van der Waals surface area contributed by atoms with Crippen LogP contribution in [0, 0.1) is 25.4 Å². The van der Waals surface area contributed by atoms with Gasteiger partial charge >= 0.3 is 5.22 Å². The molecule has 0 radical (unpaired) electrons. The van der Waals surface area contributed by atoms with Crippen molar-refractivity contribution < 1.29 is 14.8 Å². The molecular formula is C6H4N4O5. The molecule has 0 aliphatic rings. The molecule has 0 saturated heterocycles. The van der Waals surface area contributed by atoms with Crippen LogP contribution in [0.5, 0.6) is 0 Å². The molecule has 0 unspecified atom stereocenters. The van der Waals surface area contributed by atoms with E-state index in [-0.39, 0.29) is 16.2 Å². The third kappa shape index (κ3) is 2.69. The highest BCUT2D eigenvalue weighted by Crippen LogP contribution is 2.19. The van der Waals surface area contributed by atoms with E-state index in [0.717, 1.165) is 12.1 Å². The van der Waals surface area contributed by atoms with Crippen molar-refractivity contribution in [1.82, 2.24) is 0 Å². The van der Waals surface area contributed by atoms with Crippen molar-refractivity contribution in [3.8, 4) is 0 Å². The summed E-state index contributed by atoms with van der Waals surface area (Å²) in [6.07, 6.45) is 0. The van der Waals surface area contributed by atoms with E-state index >= 15 is 0 Å². The quantitative estimate of drug-likeness (QED) is 0.323. The number of benzene rings is 1. The molecule has 9 heteroatoms. The maximum absolute atomic E-state index is 10.9. The fourth-order valence-corrected chi connectivity index (χ4v) is 0.844. The summed E-state index contributed by atoms with van der Waals surface area (Å²) < 4.78 is 0. The van der Waals surface area contributed by atoms with Gasteiger partial charge in [-0.3, -0.25) is 10.1 Å². The average molecular weight is 212 g/mol. The predicted molar refractivity (Wildman–Crippen MR) is 45.8 cm³/mol. The molecule has 0 N–H and O–H groups in total. The summed E-state index contributed by atoms with van der Waals surface area (Å²) in [5.74, 6) is 0. The molecule has 0 heterocycles. The lowest BCUT2D eigenvalue weighted by molar-refractivity contribution is -0.642. The lowest BCUT2D eigenvalue weighted by atomic mass is 10.3. The molecule has 0 aliphatic heterocycles. The van der Waals surface area contributed by atoms with Crippen LogP contribution in [0.15, 0.2) is 29.5 Å². The van der Waals surface area contributed by atoms with Gasteiger partial charge in [0.25, 0.3) is 16.4 Å². The highest BCUT2D eigenvalue weighted by molar-refractivity contribution is 5.42. The average Bonchev–Trinajstić information content (AvgIpc) is 2.17. The maximum atomic E-state index is 10.9. The zero-order valence-electron chi connectivity index (χ0n) is 7.14. The molecule has 0 atom stereocenters. The third-order valence-electron chi connectivity index (χ3n) is 1.42. The Balaban J connectivity index is 3.11. The number of nitro groups is 2. The van der Waals surface area contributed by atoms with E-state index in [1.165, 1.54) is 12.1 Å². The second-order valence-corrected chi connectivity index (χ2v) is 2.38. The van der Waals surface area contributed by atoms with Crippen LogP contribution in [0.1, 0.15) is 0 Å². The van der Waals surface area contributed by atoms with E-state index in [1.807, 2.05) is 0 Å². The zero-order valence-corrected chi connectivity index (χ0v) is 7.14. The van der Waals surface area contributed by atoms with Crippen LogP contribution >= 0.6 is 0 Å². The first-order chi connectivity index (χ1) is 7.00. The van der Waals surface area contributed by atoms with Crippen molar-refractivity contribution in [3.05, 3.63) is 49.7 Å². The summed E-state index contributed by atoms with van der Waals surface area (Å²) in [4.78, 5) is 19.2.